The Labute approximate surface area is 324 Å². The summed E-state index contributed by atoms with van der Waals surface area (Å²) < 4.78 is 56.5. The summed E-state index contributed by atoms with van der Waals surface area (Å²) in [6.45, 7) is 7.34. The number of hydrogen-bond donors (Lipinski definition) is 1. The lowest BCUT2D eigenvalue weighted by molar-refractivity contribution is -0.138. The van der Waals surface area contributed by atoms with Gasteiger partial charge in [-0.05, 0) is 111 Å². The molecule has 12 heteroatoms. The van der Waals surface area contributed by atoms with Crippen LogP contribution in [0.15, 0.2) is 86.0 Å². The van der Waals surface area contributed by atoms with E-state index in [1.165, 1.54) is 36.4 Å². The molecule has 0 radical (unpaired) electrons. The van der Waals surface area contributed by atoms with Crippen LogP contribution < -0.4 is 14.2 Å². The van der Waals surface area contributed by atoms with Crippen LogP contribution >= 0.6 is 0 Å². The highest BCUT2D eigenvalue weighted by molar-refractivity contribution is 5.90. The van der Waals surface area contributed by atoms with Crippen molar-refractivity contribution >= 4 is 36.0 Å². The second-order valence-corrected chi connectivity index (χ2v) is 13.4. The molecule has 1 fully saturated rings. The SMILES string of the molecule is C=CC(=O)OCCCCOc1ccc(C=CC(=O)Oc2ccc(OC(=O)C=Cc3ccc(CC(O)CCCOC(=O)C=C)cc3F)c3c2C2CCC3C2)c(F)c1. The molecule has 2 aliphatic carbocycles. The van der Waals surface area contributed by atoms with E-state index >= 15 is 0 Å². The Morgan fingerprint density at radius 2 is 1.25 bits per heavy atom. The molecule has 0 aliphatic heterocycles. The number of aliphatic hydroxyl groups excluding tert-OH is 1. The molecule has 0 heterocycles. The van der Waals surface area contributed by atoms with E-state index in [4.69, 9.17) is 23.7 Å². The van der Waals surface area contributed by atoms with E-state index in [2.05, 4.69) is 13.2 Å². The van der Waals surface area contributed by atoms with Crippen LogP contribution in [0.25, 0.3) is 12.2 Å². The van der Waals surface area contributed by atoms with Crippen LogP contribution in [0.4, 0.5) is 8.78 Å². The minimum absolute atomic E-state index is 0.128. The maximum atomic E-state index is 14.9. The fourth-order valence-corrected chi connectivity index (χ4v) is 6.84. The summed E-state index contributed by atoms with van der Waals surface area (Å²) in [4.78, 5) is 48.0. The molecule has 1 saturated carbocycles. The van der Waals surface area contributed by atoms with E-state index in [1.54, 1.807) is 24.3 Å². The van der Waals surface area contributed by atoms with Crippen LogP contribution in [0.1, 0.15) is 84.6 Å². The molecule has 2 aliphatic rings. The molecule has 3 unspecified atom stereocenters. The van der Waals surface area contributed by atoms with Crippen LogP contribution in [-0.2, 0) is 35.1 Å². The maximum Gasteiger partial charge on any atom is 0.336 e. The number of benzene rings is 3. The Bertz CT molecular complexity index is 2000. The van der Waals surface area contributed by atoms with Gasteiger partial charge in [-0.25, -0.2) is 28.0 Å². The first-order chi connectivity index (χ1) is 27.0. The molecule has 2 bridgehead atoms. The normalized spacial score (nSPS) is 16.0. The number of halogens is 2. The topological polar surface area (TPSA) is 135 Å². The van der Waals surface area contributed by atoms with Gasteiger partial charge < -0.3 is 28.8 Å². The molecule has 56 heavy (non-hydrogen) atoms. The zero-order valence-electron chi connectivity index (χ0n) is 30.9. The first-order valence-electron chi connectivity index (χ1n) is 18.5. The molecule has 3 aromatic rings. The van der Waals surface area contributed by atoms with Gasteiger partial charge in [-0.1, -0.05) is 25.3 Å². The Kier molecular flexibility index (Phi) is 14.9. The summed E-state index contributed by atoms with van der Waals surface area (Å²) in [5, 5.41) is 10.3. The van der Waals surface area contributed by atoms with E-state index in [-0.39, 0.29) is 42.6 Å². The van der Waals surface area contributed by atoms with Crippen LogP contribution in [0, 0.1) is 11.6 Å². The third-order valence-electron chi connectivity index (χ3n) is 9.49. The summed E-state index contributed by atoms with van der Waals surface area (Å²) in [6, 6.07) is 11.9. The second-order valence-electron chi connectivity index (χ2n) is 13.4. The first kappa shape index (κ1) is 41.3. The third-order valence-corrected chi connectivity index (χ3v) is 9.49. The van der Waals surface area contributed by atoms with Gasteiger partial charge >= 0.3 is 23.9 Å². The second kappa shape index (κ2) is 20.2. The summed E-state index contributed by atoms with van der Waals surface area (Å²) in [5.41, 5.74) is 2.52. The van der Waals surface area contributed by atoms with Gasteiger partial charge in [-0.15, -0.1) is 0 Å². The van der Waals surface area contributed by atoms with Crippen LogP contribution in [-0.4, -0.2) is 54.9 Å². The van der Waals surface area contributed by atoms with Crippen molar-refractivity contribution < 1.29 is 56.7 Å². The highest BCUT2D eigenvalue weighted by atomic mass is 19.1. The summed E-state index contributed by atoms with van der Waals surface area (Å²) >= 11 is 0. The van der Waals surface area contributed by atoms with Crippen molar-refractivity contribution in [2.24, 2.45) is 0 Å². The monoisotopic (exact) mass is 770 g/mol. The molecule has 3 atom stereocenters. The largest absolute Gasteiger partial charge is 0.493 e. The number of hydrogen-bond acceptors (Lipinski definition) is 10. The Hall–Kier alpha value is -5.88. The Morgan fingerprint density at radius 1 is 0.714 bits per heavy atom. The number of carbonyl (C=O) groups excluding carboxylic acids is 4. The van der Waals surface area contributed by atoms with Crippen molar-refractivity contribution in [3.63, 3.8) is 0 Å². The summed E-state index contributed by atoms with van der Waals surface area (Å²) in [6.07, 6.45) is 11.1. The molecule has 0 amide bonds. The fourth-order valence-electron chi connectivity index (χ4n) is 6.84. The van der Waals surface area contributed by atoms with Gasteiger partial charge in [0, 0.05) is 52.6 Å². The van der Waals surface area contributed by atoms with Crippen molar-refractivity contribution in [2.45, 2.75) is 69.3 Å². The number of rotatable bonds is 20. The van der Waals surface area contributed by atoms with Gasteiger partial charge in [0.1, 0.15) is 28.9 Å². The predicted molar refractivity (Wildman–Crippen MR) is 204 cm³/mol. The number of ether oxygens (including phenoxy) is 5. The lowest BCUT2D eigenvalue weighted by Crippen LogP contribution is -2.12. The zero-order chi connectivity index (χ0) is 40.0. The van der Waals surface area contributed by atoms with Crippen molar-refractivity contribution in [1.29, 1.82) is 0 Å². The molecule has 0 saturated heterocycles. The van der Waals surface area contributed by atoms with E-state index in [1.807, 2.05) is 0 Å². The van der Waals surface area contributed by atoms with Gasteiger partial charge in [0.15, 0.2) is 0 Å². The average molecular weight is 771 g/mol. The van der Waals surface area contributed by atoms with E-state index in [0.29, 0.717) is 55.1 Å². The van der Waals surface area contributed by atoms with Crippen molar-refractivity contribution in [3.05, 3.63) is 125 Å². The molecule has 3 aromatic carbocycles. The fraction of sp³-hybridized carbons (Fsp3) is 0.318. The third kappa shape index (κ3) is 11.6. The smallest absolute Gasteiger partial charge is 0.336 e. The lowest BCUT2D eigenvalue weighted by Gasteiger charge is -2.21. The molecule has 0 aromatic heterocycles. The molecule has 5 rings (SSSR count). The summed E-state index contributed by atoms with van der Waals surface area (Å²) in [5.74, 6) is -2.31. The molecule has 294 valence electrons. The predicted octanol–water partition coefficient (Wildman–Crippen LogP) is 7.87. The molecule has 10 nitrogen and oxygen atoms in total. The quantitative estimate of drug-likeness (QED) is 0.0524. The van der Waals surface area contributed by atoms with Gasteiger partial charge in [-0.3, -0.25) is 0 Å². The molecule has 0 spiro atoms. The van der Waals surface area contributed by atoms with Crippen molar-refractivity contribution in [1.82, 2.24) is 0 Å². The number of carbonyl (C=O) groups is 4. The maximum absolute atomic E-state index is 14.9. The minimum Gasteiger partial charge on any atom is -0.493 e. The minimum atomic E-state index is -0.752. The molecule has 1 N–H and O–H groups in total. The first-order valence-corrected chi connectivity index (χ1v) is 18.5. The van der Waals surface area contributed by atoms with E-state index in [0.717, 1.165) is 54.7 Å². The van der Waals surface area contributed by atoms with Crippen LogP contribution in [0.3, 0.4) is 0 Å². The highest BCUT2D eigenvalue weighted by Crippen LogP contribution is 2.58. The average Bonchev–Trinajstić information content (AvgIpc) is 3.81. The van der Waals surface area contributed by atoms with E-state index in [9.17, 15) is 33.1 Å². The Balaban J connectivity index is 1.14. The zero-order valence-corrected chi connectivity index (χ0v) is 30.9. The van der Waals surface area contributed by atoms with Gasteiger partial charge in [-0.2, -0.15) is 0 Å². The van der Waals surface area contributed by atoms with E-state index < -0.39 is 41.6 Å². The van der Waals surface area contributed by atoms with Gasteiger partial charge in [0.2, 0.25) is 0 Å². The molecular formula is C44H44F2O10. The van der Waals surface area contributed by atoms with Gasteiger partial charge in [0.25, 0.3) is 0 Å². The number of esters is 4. The number of unbranched alkanes of at least 4 members (excludes halogenated alkanes) is 1. The number of aliphatic hydroxyl groups is 1. The van der Waals surface area contributed by atoms with Gasteiger partial charge in [0.05, 0.1) is 25.9 Å². The highest BCUT2D eigenvalue weighted by Gasteiger charge is 2.42. The van der Waals surface area contributed by atoms with Crippen LogP contribution in [0.5, 0.6) is 17.2 Å². The summed E-state index contributed by atoms with van der Waals surface area (Å²) in [7, 11) is 0. The molecular weight excluding hydrogens is 726 g/mol. The lowest BCUT2D eigenvalue weighted by atomic mass is 9.90. The van der Waals surface area contributed by atoms with Crippen molar-refractivity contribution in [3.8, 4) is 17.2 Å². The standard InChI is InChI=1S/C44H44F2O10/c1-3-39(48)53-22-6-5-21-52-34-16-13-30(36(46)27-34)15-20-42(51)56-38-18-17-37(43-31-11-12-32(26-31)44(38)43)55-41(50)19-14-29-10-9-28(25-35(29)45)24-33(47)8-7-23-54-40(49)4-2/h3-4,9-10,13-20,25,27,31-33,47H,1-2,5-8,11-12,21-24,26H2. The number of fused-ring (bicyclic) bond motifs is 5. The van der Waals surface area contributed by atoms with Crippen molar-refractivity contribution in [2.75, 3.05) is 19.8 Å². The van der Waals surface area contributed by atoms with Crippen LogP contribution in [0.2, 0.25) is 0 Å². The Morgan fingerprint density at radius 3 is 1.80 bits per heavy atom.